The van der Waals surface area contributed by atoms with Crippen LogP contribution in [-0.2, 0) is 16.0 Å². The Labute approximate surface area is 169 Å². The van der Waals surface area contributed by atoms with E-state index < -0.39 is 0 Å². The molecule has 2 saturated heterocycles. The summed E-state index contributed by atoms with van der Waals surface area (Å²) in [6.07, 6.45) is 7.24. The van der Waals surface area contributed by atoms with Crippen molar-refractivity contribution >= 4 is 16.6 Å². The van der Waals surface area contributed by atoms with Crippen molar-refractivity contribution in [2.24, 2.45) is 5.92 Å². The lowest BCUT2D eigenvalue weighted by Crippen LogP contribution is -2.62. The Hall–Kier alpha value is -2.57. The van der Waals surface area contributed by atoms with Gasteiger partial charge in [0.15, 0.2) is 12.2 Å². The van der Waals surface area contributed by atoms with Crippen LogP contribution in [0, 0.1) is 5.92 Å². The standard InChI is InChI=1S/C23H25N3O3/c1-23(13-28-14-23)26-6-4-16(5-7-26)21(27)10-20-9-19-8-17(22-12-24-15-29-22)2-3-18(19)11-25-20/h2-3,8-9,11-12,15-16H,4-7,10,13-14H2,1H3. The molecule has 2 aromatic heterocycles. The van der Waals surface area contributed by atoms with Crippen LogP contribution in [0.15, 0.2) is 47.5 Å². The van der Waals surface area contributed by atoms with Gasteiger partial charge in [-0.1, -0.05) is 12.1 Å². The first-order chi connectivity index (χ1) is 14.1. The normalized spacial score (nSPS) is 19.9. The van der Waals surface area contributed by atoms with Crippen molar-refractivity contribution in [2.45, 2.75) is 31.7 Å². The number of rotatable bonds is 5. The minimum absolute atomic E-state index is 0.133. The smallest absolute Gasteiger partial charge is 0.181 e. The zero-order valence-electron chi connectivity index (χ0n) is 16.6. The quantitative estimate of drug-likeness (QED) is 0.663. The summed E-state index contributed by atoms with van der Waals surface area (Å²) in [7, 11) is 0. The van der Waals surface area contributed by atoms with Crippen LogP contribution < -0.4 is 0 Å². The number of hydrogen-bond acceptors (Lipinski definition) is 6. The summed E-state index contributed by atoms with van der Waals surface area (Å²) in [5.41, 5.74) is 1.98. The highest BCUT2D eigenvalue weighted by Crippen LogP contribution is 2.30. The fourth-order valence-corrected chi connectivity index (χ4v) is 4.44. The first-order valence-electron chi connectivity index (χ1n) is 10.2. The third kappa shape index (κ3) is 3.58. The predicted octanol–water partition coefficient (Wildman–Crippen LogP) is 3.50. The molecule has 0 radical (unpaired) electrons. The number of hydrogen-bond donors (Lipinski definition) is 0. The Balaban J connectivity index is 1.27. The fraction of sp³-hybridized carbons (Fsp3) is 0.435. The number of Topliss-reactive ketones (excluding diaryl/α,β-unsaturated/α-hetero) is 1. The molecular weight excluding hydrogens is 366 g/mol. The number of ketones is 1. The average Bonchev–Trinajstić information content (AvgIpc) is 3.26. The Bertz CT molecular complexity index is 1020. The van der Waals surface area contributed by atoms with E-state index in [1.165, 1.54) is 6.39 Å². The fourth-order valence-electron chi connectivity index (χ4n) is 4.44. The molecule has 6 nitrogen and oxygen atoms in total. The van der Waals surface area contributed by atoms with E-state index in [1.54, 1.807) is 6.20 Å². The lowest BCUT2D eigenvalue weighted by atomic mass is 9.86. The number of aromatic nitrogens is 2. The lowest BCUT2D eigenvalue weighted by molar-refractivity contribution is -0.142. The number of carbonyl (C=O) groups is 1. The summed E-state index contributed by atoms with van der Waals surface area (Å²) in [4.78, 5) is 23.9. The van der Waals surface area contributed by atoms with Crippen molar-refractivity contribution in [1.29, 1.82) is 0 Å². The monoisotopic (exact) mass is 391 g/mol. The van der Waals surface area contributed by atoms with Gasteiger partial charge in [0.1, 0.15) is 5.78 Å². The van der Waals surface area contributed by atoms with Crippen LogP contribution in [0.1, 0.15) is 25.5 Å². The van der Waals surface area contributed by atoms with Crippen molar-refractivity contribution in [3.8, 4) is 11.3 Å². The van der Waals surface area contributed by atoms with Crippen LogP contribution in [0.5, 0.6) is 0 Å². The van der Waals surface area contributed by atoms with Crippen molar-refractivity contribution in [1.82, 2.24) is 14.9 Å². The zero-order chi connectivity index (χ0) is 19.8. The van der Waals surface area contributed by atoms with Crippen LogP contribution in [-0.4, -0.2) is 52.5 Å². The molecule has 4 heterocycles. The van der Waals surface area contributed by atoms with Crippen molar-refractivity contribution in [3.63, 3.8) is 0 Å². The molecule has 2 aliphatic heterocycles. The second-order valence-corrected chi connectivity index (χ2v) is 8.50. The summed E-state index contributed by atoms with van der Waals surface area (Å²) in [5.74, 6) is 1.17. The van der Waals surface area contributed by atoms with Gasteiger partial charge in [-0.2, -0.15) is 0 Å². The second kappa shape index (κ2) is 7.35. The number of ether oxygens (including phenoxy) is 1. The number of benzene rings is 1. The molecule has 0 aliphatic carbocycles. The molecule has 6 heteroatoms. The van der Waals surface area contributed by atoms with E-state index in [1.807, 2.05) is 24.4 Å². The third-order valence-electron chi connectivity index (χ3n) is 6.39. The van der Waals surface area contributed by atoms with Gasteiger partial charge >= 0.3 is 0 Å². The van der Waals surface area contributed by atoms with Gasteiger partial charge in [0, 0.05) is 35.2 Å². The van der Waals surface area contributed by atoms with E-state index in [4.69, 9.17) is 9.15 Å². The Morgan fingerprint density at radius 3 is 2.69 bits per heavy atom. The van der Waals surface area contributed by atoms with Crippen molar-refractivity contribution in [3.05, 3.63) is 48.7 Å². The van der Waals surface area contributed by atoms with Crippen molar-refractivity contribution < 1.29 is 13.9 Å². The van der Waals surface area contributed by atoms with Crippen molar-refractivity contribution in [2.75, 3.05) is 26.3 Å². The summed E-state index contributed by atoms with van der Waals surface area (Å²) >= 11 is 0. The highest BCUT2D eigenvalue weighted by Gasteiger charge is 2.41. The summed E-state index contributed by atoms with van der Waals surface area (Å²) in [6.45, 7) is 5.82. The molecule has 0 bridgehead atoms. The third-order valence-corrected chi connectivity index (χ3v) is 6.39. The molecule has 2 fully saturated rings. The molecule has 0 spiro atoms. The lowest BCUT2D eigenvalue weighted by Gasteiger charge is -2.49. The number of oxazole rings is 1. The largest absolute Gasteiger partial charge is 0.444 e. The second-order valence-electron chi connectivity index (χ2n) is 8.50. The van der Waals surface area contributed by atoms with Gasteiger partial charge < -0.3 is 9.15 Å². The van der Waals surface area contributed by atoms with E-state index in [2.05, 4.69) is 27.9 Å². The SMILES string of the molecule is CC1(N2CCC(C(=O)Cc3cc4cc(-c5cnco5)ccc4cn3)CC2)COC1. The molecule has 0 saturated carbocycles. The van der Waals surface area contributed by atoms with Gasteiger partial charge in [0.05, 0.1) is 24.9 Å². The highest BCUT2D eigenvalue weighted by molar-refractivity contribution is 5.88. The first kappa shape index (κ1) is 18.5. The summed E-state index contributed by atoms with van der Waals surface area (Å²) in [5, 5.41) is 2.11. The van der Waals surface area contributed by atoms with Crippen LogP contribution in [0.2, 0.25) is 0 Å². The highest BCUT2D eigenvalue weighted by atomic mass is 16.5. The minimum Gasteiger partial charge on any atom is -0.444 e. The van der Waals surface area contributed by atoms with Gasteiger partial charge in [-0.05, 0) is 50.4 Å². The number of piperidine rings is 1. The van der Waals surface area contributed by atoms with E-state index in [0.717, 1.165) is 66.9 Å². The number of carbonyl (C=O) groups excluding carboxylic acids is 1. The van der Waals surface area contributed by atoms with Gasteiger partial charge in [-0.25, -0.2) is 4.98 Å². The predicted molar refractivity (Wildman–Crippen MR) is 109 cm³/mol. The maximum absolute atomic E-state index is 12.9. The average molecular weight is 391 g/mol. The number of fused-ring (bicyclic) bond motifs is 1. The molecule has 0 N–H and O–H groups in total. The number of likely N-dealkylation sites (tertiary alicyclic amines) is 1. The molecule has 2 aliphatic rings. The Kier molecular flexibility index (Phi) is 4.68. The minimum atomic E-state index is 0.133. The molecule has 3 aromatic rings. The number of pyridine rings is 1. The van der Waals surface area contributed by atoms with Crippen LogP contribution >= 0.6 is 0 Å². The molecule has 0 unspecified atom stereocenters. The van der Waals surface area contributed by atoms with Gasteiger partial charge in [-0.15, -0.1) is 0 Å². The molecular formula is C23H25N3O3. The maximum atomic E-state index is 12.9. The van der Waals surface area contributed by atoms with Crippen LogP contribution in [0.4, 0.5) is 0 Å². The molecule has 0 amide bonds. The molecule has 150 valence electrons. The Morgan fingerprint density at radius 1 is 1.17 bits per heavy atom. The van der Waals surface area contributed by atoms with E-state index >= 15 is 0 Å². The molecule has 0 atom stereocenters. The maximum Gasteiger partial charge on any atom is 0.181 e. The van der Waals surface area contributed by atoms with E-state index in [-0.39, 0.29) is 11.5 Å². The summed E-state index contributed by atoms with van der Waals surface area (Å²) in [6, 6.07) is 8.10. The topological polar surface area (TPSA) is 68.5 Å². The van der Waals surface area contributed by atoms with E-state index in [9.17, 15) is 4.79 Å². The van der Waals surface area contributed by atoms with Gasteiger partial charge in [0.25, 0.3) is 0 Å². The summed E-state index contributed by atoms with van der Waals surface area (Å²) < 4.78 is 10.8. The molecule has 1 aromatic carbocycles. The Morgan fingerprint density at radius 2 is 2.00 bits per heavy atom. The number of nitrogens with zero attached hydrogens (tertiary/aromatic N) is 3. The van der Waals surface area contributed by atoms with Crippen LogP contribution in [0.25, 0.3) is 22.1 Å². The molecule has 5 rings (SSSR count). The molecule has 29 heavy (non-hydrogen) atoms. The van der Waals surface area contributed by atoms with E-state index in [0.29, 0.717) is 12.2 Å². The zero-order valence-corrected chi connectivity index (χ0v) is 16.6. The first-order valence-corrected chi connectivity index (χ1v) is 10.2. The van der Waals surface area contributed by atoms with Gasteiger partial charge in [0.2, 0.25) is 0 Å². The van der Waals surface area contributed by atoms with Gasteiger partial charge in [-0.3, -0.25) is 14.7 Å². The van der Waals surface area contributed by atoms with Crippen LogP contribution in [0.3, 0.4) is 0 Å².